The molecule has 0 radical (unpaired) electrons. The van der Waals surface area contributed by atoms with Gasteiger partial charge in [-0.2, -0.15) is 0 Å². The minimum Gasteiger partial charge on any atom is -0.490 e. The van der Waals surface area contributed by atoms with E-state index >= 15 is 0 Å². The van der Waals surface area contributed by atoms with Crippen LogP contribution < -0.4 is 10.5 Å². The molecule has 1 amide bonds. The van der Waals surface area contributed by atoms with Gasteiger partial charge in [-0.25, -0.2) is 9.97 Å². The van der Waals surface area contributed by atoms with Crippen LogP contribution in [0.25, 0.3) is 16.7 Å². The molecule has 2 aliphatic rings. The topological polar surface area (TPSA) is 101 Å². The number of primary amides is 1. The number of hydrogen-bond donors (Lipinski definition) is 1. The third-order valence-electron chi connectivity index (χ3n) is 5.70. The van der Waals surface area contributed by atoms with E-state index in [4.69, 9.17) is 24.9 Å². The van der Waals surface area contributed by atoms with E-state index in [0.717, 1.165) is 28.0 Å². The van der Waals surface area contributed by atoms with Crippen LogP contribution in [0.2, 0.25) is 0 Å². The molecule has 1 saturated carbocycles. The summed E-state index contributed by atoms with van der Waals surface area (Å²) in [6, 6.07) is 7.74. The zero-order valence-corrected chi connectivity index (χ0v) is 16.8. The Bertz CT molecular complexity index is 1090. The minimum absolute atomic E-state index is 0.306. The summed E-state index contributed by atoms with van der Waals surface area (Å²) in [5, 5.41) is 0.855. The number of amides is 1. The molecule has 30 heavy (non-hydrogen) atoms. The van der Waals surface area contributed by atoms with Crippen LogP contribution in [0.1, 0.15) is 36.1 Å². The molecule has 2 fully saturated rings. The van der Waals surface area contributed by atoms with E-state index in [-0.39, 0.29) is 17.9 Å². The standard InChI is InChI=1S/C22H24N4O4/c1-28-6-7-29-19-9-20(26-10-18(24-12-26)13-2-3-13)25-17-5-4-14(8-15(17)19)21-16(11-30-21)22(23)27/h4-5,8-10,12-13,16,21H,2-3,6-7,11H2,1H3,(H2,23,27). The number of pyridine rings is 1. The van der Waals surface area contributed by atoms with Crippen molar-refractivity contribution in [1.29, 1.82) is 0 Å². The summed E-state index contributed by atoms with van der Waals surface area (Å²) < 4.78 is 18.7. The van der Waals surface area contributed by atoms with Gasteiger partial charge in [-0.15, -0.1) is 0 Å². The molecule has 2 atom stereocenters. The van der Waals surface area contributed by atoms with Crippen molar-refractivity contribution in [1.82, 2.24) is 14.5 Å². The number of aromatic nitrogens is 3. The SMILES string of the molecule is COCCOc1cc(-n2cnc(C3CC3)c2)nc2ccc(C3OCC3C(N)=O)cc12. The molecule has 1 aliphatic carbocycles. The monoisotopic (exact) mass is 408 g/mol. The molecule has 5 rings (SSSR count). The first-order chi connectivity index (χ1) is 14.6. The van der Waals surface area contributed by atoms with Gasteiger partial charge >= 0.3 is 0 Å². The fourth-order valence-corrected chi connectivity index (χ4v) is 3.76. The number of methoxy groups -OCH3 is 1. The highest BCUT2D eigenvalue weighted by Gasteiger charge is 2.38. The van der Waals surface area contributed by atoms with E-state index in [0.29, 0.717) is 31.5 Å². The molecule has 8 heteroatoms. The first-order valence-electron chi connectivity index (χ1n) is 10.2. The number of benzene rings is 1. The number of rotatable bonds is 8. The second-order valence-electron chi connectivity index (χ2n) is 7.84. The first-order valence-corrected chi connectivity index (χ1v) is 10.2. The Kier molecular flexibility index (Phi) is 4.88. The van der Waals surface area contributed by atoms with Crippen molar-refractivity contribution in [2.45, 2.75) is 24.9 Å². The highest BCUT2D eigenvalue weighted by atomic mass is 16.5. The van der Waals surface area contributed by atoms with Gasteiger partial charge in [0.15, 0.2) is 0 Å². The molecule has 8 nitrogen and oxygen atoms in total. The van der Waals surface area contributed by atoms with Gasteiger partial charge in [0, 0.05) is 30.7 Å². The van der Waals surface area contributed by atoms with Gasteiger partial charge in [-0.05, 0) is 30.5 Å². The van der Waals surface area contributed by atoms with Gasteiger partial charge in [-0.1, -0.05) is 6.07 Å². The fraction of sp³-hybridized carbons (Fsp3) is 0.409. The molecule has 1 saturated heterocycles. The molecule has 1 aliphatic heterocycles. The lowest BCUT2D eigenvalue weighted by Gasteiger charge is -2.35. The molecule has 3 heterocycles. The van der Waals surface area contributed by atoms with E-state index < -0.39 is 0 Å². The molecule has 2 aromatic heterocycles. The Hall–Kier alpha value is -2.97. The van der Waals surface area contributed by atoms with E-state index in [1.807, 2.05) is 35.0 Å². The van der Waals surface area contributed by atoms with Crippen molar-refractivity contribution >= 4 is 16.8 Å². The lowest BCUT2D eigenvalue weighted by atomic mass is 9.90. The van der Waals surface area contributed by atoms with Gasteiger partial charge in [0.2, 0.25) is 5.91 Å². The Balaban J connectivity index is 1.53. The maximum absolute atomic E-state index is 11.6. The number of fused-ring (bicyclic) bond motifs is 1. The van der Waals surface area contributed by atoms with Crippen molar-refractivity contribution in [2.75, 3.05) is 26.9 Å². The van der Waals surface area contributed by atoms with E-state index in [9.17, 15) is 4.79 Å². The van der Waals surface area contributed by atoms with Crippen LogP contribution in [0, 0.1) is 5.92 Å². The summed E-state index contributed by atoms with van der Waals surface area (Å²) in [4.78, 5) is 20.9. The van der Waals surface area contributed by atoms with Gasteiger partial charge in [0.25, 0.3) is 0 Å². The summed E-state index contributed by atoms with van der Waals surface area (Å²) in [5.41, 5.74) is 8.27. The maximum atomic E-state index is 11.6. The van der Waals surface area contributed by atoms with Crippen LogP contribution >= 0.6 is 0 Å². The van der Waals surface area contributed by atoms with Gasteiger partial charge in [-0.3, -0.25) is 9.36 Å². The lowest BCUT2D eigenvalue weighted by molar-refractivity contribution is -0.154. The Morgan fingerprint density at radius 3 is 2.87 bits per heavy atom. The predicted molar refractivity (Wildman–Crippen MR) is 110 cm³/mol. The zero-order valence-electron chi connectivity index (χ0n) is 16.8. The average molecular weight is 408 g/mol. The second-order valence-corrected chi connectivity index (χ2v) is 7.84. The molecule has 3 aromatic rings. The number of hydrogen-bond acceptors (Lipinski definition) is 6. The van der Waals surface area contributed by atoms with Gasteiger partial charge in [0.1, 0.15) is 24.5 Å². The summed E-state index contributed by atoms with van der Waals surface area (Å²) in [7, 11) is 1.64. The number of carbonyl (C=O) groups excluding carboxylic acids is 1. The van der Waals surface area contributed by atoms with Crippen LogP contribution in [0.3, 0.4) is 0 Å². The number of ether oxygens (including phenoxy) is 3. The highest BCUT2D eigenvalue weighted by Crippen LogP contribution is 2.40. The number of nitrogens with zero attached hydrogens (tertiary/aromatic N) is 3. The molecule has 156 valence electrons. The molecule has 0 spiro atoms. The van der Waals surface area contributed by atoms with E-state index in [1.165, 1.54) is 12.8 Å². The van der Waals surface area contributed by atoms with Crippen LogP contribution in [-0.2, 0) is 14.3 Å². The van der Waals surface area contributed by atoms with Crippen molar-refractivity contribution in [3.05, 3.63) is 48.0 Å². The minimum atomic E-state index is -0.344. The highest BCUT2D eigenvalue weighted by molar-refractivity contribution is 5.87. The number of imidazole rings is 1. The van der Waals surface area contributed by atoms with Crippen LogP contribution in [0.4, 0.5) is 0 Å². The first kappa shape index (κ1) is 19.0. The third kappa shape index (κ3) is 3.53. The molecule has 0 bridgehead atoms. The van der Waals surface area contributed by atoms with Crippen molar-refractivity contribution in [3.8, 4) is 11.6 Å². The molecule has 1 aromatic carbocycles. The molecular weight excluding hydrogens is 384 g/mol. The zero-order chi connectivity index (χ0) is 20.7. The van der Waals surface area contributed by atoms with Crippen LogP contribution in [0.15, 0.2) is 36.8 Å². The van der Waals surface area contributed by atoms with Gasteiger partial charge < -0.3 is 19.9 Å². The smallest absolute Gasteiger partial charge is 0.225 e. The van der Waals surface area contributed by atoms with E-state index in [1.54, 1.807) is 13.4 Å². The Morgan fingerprint density at radius 2 is 2.17 bits per heavy atom. The van der Waals surface area contributed by atoms with Crippen LogP contribution in [0.5, 0.6) is 5.75 Å². The lowest BCUT2D eigenvalue weighted by Crippen LogP contribution is -2.42. The van der Waals surface area contributed by atoms with Crippen LogP contribution in [-0.4, -0.2) is 47.4 Å². The maximum Gasteiger partial charge on any atom is 0.225 e. The van der Waals surface area contributed by atoms with Crippen molar-refractivity contribution in [3.63, 3.8) is 0 Å². The predicted octanol–water partition coefficient (Wildman–Crippen LogP) is 2.50. The summed E-state index contributed by atoms with van der Waals surface area (Å²) in [5.74, 6) is 1.37. The second kappa shape index (κ2) is 7.70. The largest absolute Gasteiger partial charge is 0.490 e. The summed E-state index contributed by atoms with van der Waals surface area (Å²) in [6.45, 7) is 1.25. The van der Waals surface area contributed by atoms with E-state index in [2.05, 4.69) is 4.98 Å². The average Bonchev–Trinajstić information content (AvgIpc) is 3.43. The van der Waals surface area contributed by atoms with Crippen molar-refractivity contribution in [2.24, 2.45) is 11.7 Å². The summed E-state index contributed by atoms with van der Waals surface area (Å²) in [6.07, 6.45) is 5.92. The normalized spacial score (nSPS) is 20.8. The summed E-state index contributed by atoms with van der Waals surface area (Å²) >= 11 is 0. The Labute approximate surface area is 174 Å². The quantitative estimate of drug-likeness (QED) is 0.575. The van der Waals surface area contributed by atoms with Gasteiger partial charge in [0.05, 0.1) is 36.4 Å². The molecular formula is C22H24N4O4. The Morgan fingerprint density at radius 1 is 1.30 bits per heavy atom. The van der Waals surface area contributed by atoms with Crippen molar-refractivity contribution < 1.29 is 19.0 Å². The third-order valence-corrected chi connectivity index (χ3v) is 5.70. The fourth-order valence-electron chi connectivity index (χ4n) is 3.76. The molecule has 2 unspecified atom stereocenters. The number of carbonyl (C=O) groups is 1. The number of nitrogens with two attached hydrogens (primary N) is 1. The molecule has 2 N–H and O–H groups in total.